The smallest absolute Gasteiger partial charge is 0.0998 e. The Bertz CT molecular complexity index is 1300. The molecule has 114 valence electrons. The summed E-state index contributed by atoms with van der Waals surface area (Å²) in [7, 11) is 0. The van der Waals surface area contributed by atoms with E-state index in [2.05, 4.69) is 9.97 Å². The standard InChI is InChI=1S/C21H15N3/c1-14-11-23-20-17-10-6-5-9-16(17)18-12-22-13-24(18)21(20)19(14)15-7-3-2-4-8-15/h2-13H,1H3/i1D3. The Kier molecular flexibility index (Phi) is 2.15. The van der Waals surface area contributed by atoms with Crippen LogP contribution in [0.2, 0.25) is 0 Å². The molecule has 0 radical (unpaired) electrons. The molecule has 0 aliphatic carbocycles. The number of benzene rings is 2. The molecule has 5 rings (SSSR count). The van der Waals surface area contributed by atoms with Crippen LogP contribution in [0, 0.1) is 6.85 Å². The average molecular weight is 312 g/mol. The van der Waals surface area contributed by atoms with Gasteiger partial charge in [-0.3, -0.25) is 9.38 Å². The summed E-state index contributed by atoms with van der Waals surface area (Å²) in [5, 5.41) is 2.02. The maximum atomic E-state index is 8.04. The Morgan fingerprint density at radius 1 is 0.917 bits per heavy atom. The second-order valence-corrected chi connectivity index (χ2v) is 5.80. The molecule has 0 aliphatic heterocycles. The van der Waals surface area contributed by atoms with E-state index in [-0.39, 0.29) is 5.56 Å². The number of hydrogen-bond donors (Lipinski definition) is 0. The van der Waals surface area contributed by atoms with Gasteiger partial charge < -0.3 is 0 Å². The van der Waals surface area contributed by atoms with Crippen molar-refractivity contribution in [1.82, 2.24) is 14.4 Å². The Morgan fingerprint density at radius 2 is 1.71 bits per heavy atom. The quantitative estimate of drug-likeness (QED) is 0.407. The van der Waals surface area contributed by atoms with Crippen LogP contribution in [0.4, 0.5) is 0 Å². The molecule has 0 saturated heterocycles. The summed E-state index contributed by atoms with van der Waals surface area (Å²) in [4.78, 5) is 8.91. The van der Waals surface area contributed by atoms with Crippen molar-refractivity contribution in [2.75, 3.05) is 0 Å². The minimum atomic E-state index is -2.27. The van der Waals surface area contributed by atoms with Crippen molar-refractivity contribution >= 4 is 27.3 Å². The van der Waals surface area contributed by atoms with Gasteiger partial charge in [-0.05, 0) is 18.0 Å². The number of fused-ring (bicyclic) bond motifs is 6. The van der Waals surface area contributed by atoms with E-state index in [4.69, 9.17) is 4.11 Å². The lowest BCUT2D eigenvalue weighted by Gasteiger charge is -2.14. The van der Waals surface area contributed by atoms with E-state index >= 15 is 0 Å². The molecule has 0 spiro atoms. The molecule has 3 aromatic heterocycles. The van der Waals surface area contributed by atoms with Crippen LogP contribution in [-0.2, 0) is 0 Å². The number of pyridine rings is 2. The molecule has 0 saturated carbocycles. The fourth-order valence-corrected chi connectivity index (χ4v) is 3.41. The number of nitrogens with zero attached hydrogens (tertiary/aromatic N) is 3. The van der Waals surface area contributed by atoms with E-state index in [0.717, 1.165) is 32.9 Å². The minimum Gasteiger partial charge on any atom is -0.296 e. The van der Waals surface area contributed by atoms with Crippen molar-refractivity contribution in [2.45, 2.75) is 6.85 Å². The van der Waals surface area contributed by atoms with Crippen LogP contribution in [0.25, 0.3) is 38.4 Å². The molecule has 2 aromatic carbocycles. The maximum absolute atomic E-state index is 8.04. The van der Waals surface area contributed by atoms with Gasteiger partial charge in [0, 0.05) is 26.6 Å². The number of imidazole rings is 1. The van der Waals surface area contributed by atoms with Crippen molar-refractivity contribution in [3.8, 4) is 11.1 Å². The van der Waals surface area contributed by atoms with Gasteiger partial charge in [0.05, 0.1) is 29.1 Å². The van der Waals surface area contributed by atoms with Gasteiger partial charge >= 0.3 is 0 Å². The van der Waals surface area contributed by atoms with E-state index in [1.54, 1.807) is 12.5 Å². The van der Waals surface area contributed by atoms with Crippen LogP contribution in [0.5, 0.6) is 0 Å². The summed E-state index contributed by atoms with van der Waals surface area (Å²) < 4.78 is 26.1. The minimum absolute atomic E-state index is 0.242. The molecule has 0 atom stereocenters. The molecule has 3 heteroatoms. The topological polar surface area (TPSA) is 30.2 Å². The summed E-state index contributed by atoms with van der Waals surface area (Å²) in [6.07, 6.45) is 5.02. The van der Waals surface area contributed by atoms with Gasteiger partial charge in [0.15, 0.2) is 0 Å². The highest BCUT2D eigenvalue weighted by Crippen LogP contribution is 2.35. The summed E-state index contributed by atoms with van der Waals surface area (Å²) in [5.41, 5.74) is 4.23. The SMILES string of the molecule is [2H]C([2H])([2H])c1cnc2c3ccccc3c3cncn3c2c1-c1ccccc1. The fraction of sp³-hybridized carbons (Fsp3) is 0.0476. The summed E-state index contributed by atoms with van der Waals surface area (Å²) >= 11 is 0. The number of rotatable bonds is 1. The van der Waals surface area contributed by atoms with Gasteiger partial charge in [-0.1, -0.05) is 54.6 Å². The van der Waals surface area contributed by atoms with Gasteiger partial charge in [-0.15, -0.1) is 0 Å². The second-order valence-electron chi connectivity index (χ2n) is 5.80. The maximum Gasteiger partial charge on any atom is 0.0998 e. The van der Waals surface area contributed by atoms with E-state index in [1.165, 1.54) is 6.20 Å². The fourth-order valence-electron chi connectivity index (χ4n) is 3.41. The molecule has 0 unspecified atom stereocenters. The van der Waals surface area contributed by atoms with Crippen LogP contribution >= 0.6 is 0 Å². The molecule has 3 nitrogen and oxygen atoms in total. The second kappa shape index (κ2) is 4.90. The molecular formula is C21H15N3. The Balaban J connectivity index is 2.10. The van der Waals surface area contributed by atoms with Crippen molar-refractivity contribution < 1.29 is 4.11 Å². The molecule has 0 fully saturated rings. The van der Waals surface area contributed by atoms with Gasteiger partial charge in [-0.25, -0.2) is 4.98 Å². The largest absolute Gasteiger partial charge is 0.296 e. The zero-order chi connectivity index (χ0) is 18.6. The Morgan fingerprint density at radius 3 is 2.54 bits per heavy atom. The van der Waals surface area contributed by atoms with Crippen molar-refractivity contribution in [2.24, 2.45) is 0 Å². The number of hydrogen-bond acceptors (Lipinski definition) is 2. The van der Waals surface area contributed by atoms with Crippen molar-refractivity contribution in [1.29, 1.82) is 0 Å². The molecule has 0 N–H and O–H groups in total. The predicted octanol–water partition coefficient (Wildman–Crippen LogP) is 5.01. The predicted molar refractivity (Wildman–Crippen MR) is 98.2 cm³/mol. The highest BCUT2D eigenvalue weighted by atomic mass is 15.0. The first kappa shape index (κ1) is 10.6. The molecule has 0 bridgehead atoms. The van der Waals surface area contributed by atoms with Crippen molar-refractivity contribution in [3.05, 3.63) is 78.9 Å². The van der Waals surface area contributed by atoms with E-state index < -0.39 is 6.85 Å². The van der Waals surface area contributed by atoms with Gasteiger partial charge in [0.2, 0.25) is 0 Å². The third-order valence-electron chi connectivity index (χ3n) is 4.45. The molecule has 5 aromatic rings. The van der Waals surface area contributed by atoms with Crippen LogP contribution in [0.15, 0.2) is 73.3 Å². The summed E-state index contributed by atoms with van der Waals surface area (Å²) in [5.74, 6) is 0. The van der Waals surface area contributed by atoms with E-state index in [1.807, 2.05) is 59.0 Å². The zero-order valence-corrected chi connectivity index (χ0v) is 12.8. The summed E-state index contributed by atoms with van der Waals surface area (Å²) in [6.45, 7) is -2.27. The summed E-state index contributed by atoms with van der Waals surface area (Å²) in [6, 6.07) is 17.6. The zero-order valence-electron chi connectivity index (χ0n) is 15.8. The first-order valence-electron chi connectivity index (χ1n) is 9.27. The lowest BCUT2D eigenvalue weighted by molar-refractivity contribution is 1.20. The molecule has 3 heterocycles. The molecule has 24 heavy (non-hydrogen) atoms. The van der Waals surface area contributed by atoms with Crippen molar-refractivity contribution in [3.63, 3.8) is 0 Å². The van der Waals surface area contributed by atoms with E-state index in [0.29, 0.717) is 5.56 Å². The third-order valence-corrected chi connectivity index (χ3v) is 4.45. The highest BCUT2D eigenvalue weighted by molar-refractivity contribution is 6.14. The Labute approximate surface area is 143 Å². The van der Waals surface area contributed by atoms with Crippen LogP contribution in [0.3, 0.4) is 0 Å². The normalized spacial score (nSPS) is 13.9. The van der Waals surface area contributed by atoms with Gasteiger partial charge in [0.25, 0.3) is 0 Å². The molecular weight excluding hydrogens is 294 g/mol. The number of aromatic nitrogens is 3. The van der Waals surface area contributed by atoms with Crippen LogP contribution < -0.4 is 0 Å². The van der Waals surface area contributed by atoms with E-state index in [9.17, 15) is 0 Å². The highest BCUT2D eigenvalue weighted by Gasteiger charge is 2.15. The van der Waals surface area contributed by atoms with Crippen LogP contribution in [0.1, 0.15) is 9.68 Å². The third kappa shape index (κ3) is 1.72. The first-order valence-corrected chi connectivity index (χ1v) is 7.77. The van der Waals surface area contributed by atoms with Gasteiger partial charge in [0.1, 0.15) is 0 Å². The molecule has 0 aliphatic rings. The lowest BCUT2D eigenvalue weighted by atomic mass is 9.98. The molecule has 0 amide bonds. The average Bonchev–Trinajstić information content (AvgIpc) is 3.17. The lowest BCUT2D eigenvalue weighted by Crippen LogP contribution is -1.97. The van der Waals surface area contributed by atoms with Gasteiger partial charge in [-0.2, -0.15) is 0 Å². The first-order chi connectivity index (χ1) is 13.1. The monoisotopic (exact) mass is 312 g/mol. The number of aryl methyl sites for hydroxylation is 1. The van der Waals surface area contributed by atoms with Crippen LogP contribution in [-0.4, -0.2) is 14.4 Å². The Hall–Kier alpha value is -3.20.